The van der Waals surface area contributed by atoms with Crippen LogP contribution in [0.3, 0.4) is 0 Å². The van der Waals surface area contributed by atoms with E-state index in [-0.39, 0.29) is 5.91 Å². The molecular formula is C15H18N6O. The molecule has 0 atom stereocenters. The Hall–Kier alpha value is -2.57. The summed E-state index contributed by atoms with van der Waals surface area (Å²) in [6.45, 7) is 2.56. The number of rotatable bonds is 4. The number of hydrogen-bond acceptors (Lipinski definition) is 6. The molecular weight excluding hydrogens is 280 g/mol. The fourth-order valence-corrected chi connectivity index (χ4v) is 2.58. The minimum Gasteiger partial charge on any atom is -0.355 e. The second-order valence-electron chi connectivity index (χ2n) is 5.33. The highest BCUT2D eigenvalue weighted by atomic mass is 16.1. The zero-order valence-electron chi connectivity index (χ0n) is 12.2. The van der Waals surface area contributed by atoms with Crippen molar-refractivity contribution in [3.8, 4) is 0 Å². The van der Waals surface area contributed by atoms with Crippen LogP contribution >= 0.6 is 0 Å². The maximum Gasteiger partial charge on any atom is 0.254 e. The van der Waals surface area contributed by atoms with Gasteiger partial charge in [-0.25, -0.2) is 15.0 Å². The van der Waals surface area contributed by atoms with Gasteiger partial charge in [-0.05, 0) is 18.8 Å². The van der Waals surface area contributed by atoms with Crippen molar-refractivity contribution in [1.82, 2.24) is 25.3 Å². The molecule has 2 aromatic heterocycles. The van der Waals surface area contributed by atoms with Crippen LogP contribution in [0.4, 0.5) is 5.82 Å². The molecule has 0 spiro atoms. The molecule has 3 rings (SSSR count). The zero-order valence-corrected chi connectivity index (χ0v) is 12.2. The lowest BCUT2D eigenvalue weighted by Gasteiger charge is -2.32. The lowest BCUT2D eigenvalue weighted by Crippen LogP contribution is -2.39. The molecule has 7 nitrogen and oxygen atoms in total. The van der Waals surface area contributed by atoms with Gasteiger partial charge in [0.05, 0.1) is 11.8 Å². The third kappa shape index (κ3) is 3.55. The molecule has 0 saturated carbocycles. The standard InChI is InChI=1S/C15H18N6O/c22-15(13-8-17-11-18-9-13)20-7-12-1-5-21(6-2-12)14-10-16-3-4-19-14/h3-4,8-12H,1-2,5-7H2,(H,20,22). The van der Waals surface area contributed by atoms with Crippen LogP contribution in [-0.2, 0) is 0 Å². The number of nitrogens with one attached hydrogen (secondary N) is 1. The van der Waals surface area contributed by atoms with Gasteiger partial charge in [-0.2, -0.15) is 0 Å². The molecule has 0 radical (unpaired) electrons. The summed E-state index contributed by atoms with van der Waals surface area (Å²) >= 11 is 0. The number of piperidine rings is 1. The van der Waals surface area contributed by atoms with E-state index in [4.69, 9.17) is 0 Å². The van der Waals surface area contributed by atoms with Crippen LogP contribution in [0, 0.1) is 5.92 Å². The lowest BCUT2D eigenvalue weighted by molar-refractivity contribution is 0.0944. The van der Waals surface area contributed by atoms with Gasteiger partial charge in [0.1, 0.15) is 12.1 Å². The van der Waals surface area contributed by atoms with Crippen LogP contribution in [0.2, 0.25) is 0 Å². The summed E-state index contributed by atoms with van der Waals surface area (Å²) in [4.78, 5) is 30.3. The topological polar surface area (TPSA) is 83.9 Å². The predicted molar refractivity (Wildman–Crippen MR) is 81.3 cm³/mol. The largest absolute Gasteiger partial charge is 0.355 e. The summed E-state index contributed by atoms with van der Waals surface area (Å²) in [5.41, 5.74) is 0.500. The Morgan fingerprint density at radius 2 is 1.91 bits per heavy atom. The van der Waals surface area contributed by atoms with E-state index in [1.165, 1.54) is 18.7 Å². The van der Waals surface area contributed by atoms with Crippen LogP contribution in [0.1, 0.15) is 23.2 Å². The molecule has 114 valence electrons. The van der Waals surface area contributed by atoms with Crippen molar-refractivity contribution in [3.63, 3.8) is 0 Å². The molecule has 0 aromatic carbocycles. The van der Waals surface area contributed by atoms with Gasteiger partial charge in [-0.15, -0.1) is 0 Å². The fraction of sp³-hybridized carbons (Fsp3) is 0.400. The Morgan fingerprint density at radius 3 is 2.59 bits per heavy atom. The molecule has 1 aliphatic rings. The highest BCUT2D eigenvalue weighted by molar-refractivity contribution is 5.93. The molecule has 0 bridgehead atoms. The van der Waals surface area contributed by atoms with E-state index >= 15 is 0 Å². The molecule has 1 fully saturated rings. The SMILES string of the molecule is O=C(NCC1CCN(c2cnccn2)CC1)c1cncnc1. The van der Waals surface area contributed by atoms with Crippen molar-refractivity contribution < 1.29 is 4.79 Å². The van der Waals surface area contributed by atoms with E-state index in [0.717, 1.165) is 31.7 Å². The van der Waals surface area contributed by atoms with Gasteiger partial charge in [0.25, 0.3) is 5.91 Å². The molecule has 22 heavy (non-hydrogen) atoms. The first-order valence-electron chi connectivity index (χ1n) is 7.37. The van der Waals surface area contributed by atoms with Crippen LogP contribution < -0.4 is 10.2 Å². The van der Waals surface area contributed by atoms with Gasteiger partial charge >= 0.3 is 0 Å². The van der Waals surface area contributed by atoms with Crippen molar-refractivity contribution in [3.05, 3.63) is 42.9 Å². The normalized spacial score (nSPS) is 15.5. The molecule has 7 heteroatoms. The summed E-state index contributed by atoms with van der Waals surface area (Å²) in [6.07, 6.45) is 11.7. The molecule has 3 heterocycles. The second kappa shape index (κ2) is 6.93. The first-order chi connectivity index (χ1) is 10.8. The average molecular weight is 298 g/mol. The van der Waals surface area contributed by atoms with E-state index in [1.807, 2.05) is 0 Å². The van der Waals surface area contributed by atoms with Crippen molar-refractivity contribution in [2.45, 2.75) is 12.8 Å². The Kier molecular flexibility index (Phi) is 4.53. The summed E-state index contributed by atoms with van der Waals surface area (Å²) < 4.78 is 0. The number of anilines is 1. The molecule has 1 amide bonds. The van der Waals surface area contributed by atoms with Gasteiger partial charge in [-0.3, -0.25) is 9.78 Å². The molecule has 1 saturated heterocycles. The first-order valence-corrected chi connectivity index (χ1v) is 7.37. The second-order valence-corrected chi connectivity index (χ2v) is 5.33. The minimum atomic E-state index is -0.114. The van der Waals surface area contributed by atoms with Gasteiger partial charge < -0.3 is 10.2 Å². The number of amides is 1. The average Bonchev–Trinajstić information content (AvgIpc) is 2.61. The number of aromatic nitrogens is 4. The number of hydrogen-bond donors (Lipinski definition) is 1. The molecule has 1 N–H and O–H groups in total. The van der Waals surface area contributed by atoms with Gasteiger partial charge in [-0.1, -0.05) is 0 Å². The van der Waals surface area contributed by atoms with Crippen LogP contribution in [0.25, 0.3) is 0 Å². The van der Waals surface area contributed by atoms with Crippen LogP contribution in [0.5, 0.6) is 0 Å². The van der Waals surface area contributed by atoms with Gasteiger partial charge in [0.2, 0.25) is 0 Å². The van der Waals surface area contributed by atoms with E-state index in [2.05, 4.69) is 30.2 Å². The van der Waals surface area contributed by atoms with Crippen molar-refractivity contribution in [1.29, 1.82) is 0 Å². The zero-order chi connectivity index (χ0) is 15.2. The highest BCUT2D eigenvalue weighted by Crippen LogP contribution is 2.20. The van der Waals surface area contributed by atoms with Crippen LogP contribution in [0.15, 0.2) is 37.3 Å². The minimum absolute atomic E-state index is 0.114. The summed E-state index contributed by atoms with van der Waals surface area (Å²) in [5, 5.41) is 2.96. The third-order valence-corrected chi connectivity index (χ3v) is 3.86. The fourth-order valence-electron chi connectivity index (χ4n) is 2.58. The highest BCUT2D eigenvalue weighted by Gasteiger charge is 2.20. The van der Waals surface area contributed by atoms with Gasteiger partial charge in [0.15, 0.2) is 0 Å². The summed E-state index contributed by atoms with van der Waals surface area (Å²) in [5.74, 6) is 1.30. The summed E-state index contributed by atoms with van der Waals surface area (Å²) in [6, 6.07) is 0. The Balaban J connectivity index is 1.45. The molecule has 2 aromatic rings. The van der Waals surface area contributed by atoms with E-state index in [9.17, 15) is 4.79 Å². The Bertz CT molecular complexity index is 598. The number of carbonyl (C=O) groups excluding carboxylic acids is 1. The van der Waals surface area contributed by atoms with Gasteiger partial charge in [0, 0.05) is 44.4 Å². The monoisotopic (exact) mass is 298 g/mol. The molecule has 0 unspecified atom stereocenters. The van der Waals surface area contributed by atoms with Crippen molar-refractivity contribution in [2.24, 2.45) is 5.92 Å². The molecule has 1 aliphatic heterocycles. The molecule has 0 aliphatic carbocycles. The van der Waals surface area contributed by atoms with Crippen LogP contribution in [-0.4, -0.2) is 45.5 Å². The van der Waals surface area contributed by atoms with Crippen molar-refractivity contribution >= 4 is 11.7 Å². The Labute approximate surface area is 128 Å². The first kappa shape index (κ1) is 14.4. The van der Waals surface area contributed by atoms with E-state index in [0.29, 0.717) is 18.0 Å². The Morgan fingerprint density at radius 1 is 1.14 bits per heavy atom. The maximum absolute atomic E-state index is 12.0. The number of carbonyl (C=O) groups is 1. The smallest absolute Gasteiger partial charge is 0.254 e. The third-order valence-electron chi connectivity index (χ3n) is 3.86. The number of nitrogens with zero attached hydrogens (tertiary/aromatic N) is 5. The van der Waals surface area contributed by atoms with E-state index < -0.39 is 0 Å². The summed E-state index contributed by atoms with van der Waals surface area (Å²) in [7, 11) is 0. The van der Waals surface area contributed by atoms with Crippen molar-refractivity contribution in [2.75, 3.05) is 24.5 Å². The lowest BCUT2D eigenvalue weighted by atomic mass is 9.97. The van der Waals surface area contributed by atoms with E-state index in [1.54, 1.807) is 18.6 Å². The maximum atomic E-state index is 12.0. The quantitative estimate of drug-likeness (QED) is 0.903. The predicted octanol–water partition coefficient (Wildman–Crippen LogP) is 0.913.